The summed E-state index contributed by atoms with van der Waals surface area (Å²) in [5.74, 6) is 0.546. The minimum Gasteiger partial charge on any atom is -0.492 e. The van der Waals surface area contributed by atoms with Crippen LogP contribution in [-0.2, 0) is 0 Å². The van der Waals surface area contributed by atoms with Crippen LogP contribution in [0.15, 0.2) is 42.5 Å². The van der Waals surface area contributed by atoms with Crippen molar-refractivity contribution in [2.24, 2.45) is 0 Å². The first-order valence-corrected chi connectivity index (χ1v) is 8.44. The number of nitro groups is 1. The Kier molecular flexibility index (Phi) is 6.64. The van der Waals surface area contributed by atoms with E-state index in [4.69, 9.17) is 4.74 Å². The smallest absolute Gasteiger partial charge is 0.269 e. The lowest BCUT2D eigenvalue weighted by atomic mass is 10.1. The number of hydrogen-bond donors (Lipinski definition) is 1. The molecule has 0 spiro atoms. The van der Waals surface area contributed by atoms with Gasteiger partial charge in [0.25, 0.3) is 5.69 Å². The summed E-state index contributed by atoms with van der Waals surface area (Å²) in [7, 11) is 0. The molecule has 3 rings (SSSR count). The van der Waals surface area contributed by atoms with Crippen LogP contribution in [0.4, 0.5) is 10.8 Å². The number of Topliss-reactive ketones (excluding diaryl/α,β-unsaturated/α-hetero) is 1. The Labute approximate surface area is 163 Å². The van der Waals surface area contributed by atoms with Gasteiger partial charge in [0, 0.05) is 17.7 Å². The molecule has 0 aliphatic heterocycles. The number of nitrogens with zero attached hydrogens (tertiary/aromatic N) is 2. The average molecular weight is 438 g/mol. The summed E-state index contributed by atoms with van der Waals surface area (Å²) < 4.78 is 6.52. The quantitative estimate of drug-likeness (QED) is 0.332. The zero-order valence-corrected chi connectivity index (χ0v) is 16.3. The molecular weight excluding hydrogens is 422 g/mol. The number of para-hydroxylation sites is 1. The number of ketones is 1. The van der Waals surface area contributed by atoms with E-state index in [0.717, 1.165) is 10.2 Å². The second-order valence-electron chi connectivity index (χ2n) is 5.14. The predicted octanol–water partition coefficient (Wildman–Crippen LogP) is 4.48. The number of thiazole rings is 1. The number of hydrogen-bond acceptors (Lipinski definition) is 7. The molecule has 0 fully saturated rings. The Bertz CT molecular complexity index is 927. The zero-order valence-electron chi connectivity index (χ0n) is 13.8. The lowest BCUT2D eigenvalue weighted by molar-refractivity contribution is -0.384. The summed E-state index contributed by atoms with van der Waals surface area (Å²) >= 11 is 1.44. The number of aromatic nitrogens is 1. The predicted molar refractivity (Wildman–Crippen MR) is 107 cm³/mol. The first-order chi connectivity index (χ1) is 12.1. The molecular formula is C17H16BrN3O4S. The molecule has 0 amide bonds. The van der Waals surface area contributed by atoms with Gasteiger partial charge in [-0.25, -0.2) is 4.98 Å². The van der Waals surface area contributed by atoms with Gasteiger partial charge in [0.15, 0.2) is 10.9 Å². The minimum absolute atomic E-state index is 0. The molecule has 3 aromatic rings. The summed E-state index contributed by atoms with van der Waals surface area (Å²) in [5.41, 5.74) is 1.13. The summed E-state index contributed by atoms with van der Waals surface area (Å²) in [4.78, 5) is 26.8. The van der Waals surface area contributed by atoms with Crippen molar-refractivity contribution in [1.82, 2.24) is 4.98 Å². The van der Waals surface area contributed by atoms with Gasteiger partial charge in [0.05, 0.1) is 22.8 Å². The molecule has 0 aliphatic rings. The number of non-ortho nitro benzene ring substituents is 1. The van der Waals surface area contributed by atoms with Crippen molar-refractivity contribution in [1.29, 1.82) is 0 Å². The number of carbonyl (C=O) groups excluding carboxylic acids is 1. The van der Waals surface area contributed by atoms with Crippen LogP contribution in [0.25, 0.3) is 10.2 Å². The topological polar surface area (TPSA) is 94.4 Å². The van der Waals surface area contributed by atoms with Crippen molar-refractivity contribution in [3.05, 3.63) is 58.1 Å². The SMILES string of the molecule is Br.CCOc1cccc2sc(NCC(=O)c3ccc([N+](=O)[O-])cc3)nc12. The zero-order chi connectivity index (χ0) is 17.8. The van der Waals surface area contributed by atoms with Gasteiger partial charge in [-0.3, -0.25) is 14.9 Å². The van der Waals surface area contributed by atoms with Gasteiger partial charge in [-0.1, -0.05) is 17.4 Å². The van der Waals surface area contributed by atoms with Crippen LogP contribution in [0.3, 0.4) is 0 Å². The maximum absolute atomic E-state index is 12.2. The van der Waals surface area contributed by atoms with Gasteiger partial charge >= 0.3 is 0 Å². The molecule has 0 saturated carbocycles. The molecule has 1 aromatic heterocycles. The number of rotatable bonds is 7. The number of fused-ring (bicyclic) bond motifs is 1. The highest BCUT2D eigenvalue weighted by Gasteiger charge is 2.12. The van der Waals surface area contributed by atoms with Gasteiger partial charge in [-0.2, -0.15) is 0 Å². The van der Waals surface area contributed by atoms with Gasteiger partial charge in [0.1, 0.15) is 11.3 Å². The number of halogens is 1. The molecule has 2 aromatic carbocycles. The Balaban J connectivity index is 0.00000243. The van der Waals surface area contributed by atoms with Crippen LogP contribution in [0.2, 0.25) is 0 Å². The molecule has 7 nitrogen and oxygen atoms in total. The monoisotopic (exact) mass is 437 g/mol. The van der Waals surface area contributed by atoms with Crippen molar-refractivity contribution < 1.29 is 14.5 Å². The largest absolute Gasteiger partial charge is 0.492 e. The van der Waals surface area contributed by atoms with Crippen molar-refractivity contribution in [2.45, 2.75) is 6.92 Å². The second-order valence-corrected chi connectivity index (χ2v) is 6.17. The summed E-state index contributed by atoms with van der Waals surface area (Å²) in [6.45, 7) is 2.52. The third-order valence-electron chi connectivity index (χ3n) is 3.48. The third-order valence-corrected chi connectivity index (χ3v) is 4.46. The number of anilines is 1. The van der Waals surface area contributed by atoms with Crippen molar-refractivity contribution in [3.63, 3.8) is 0 Å². The first-order valence-electron chi connectivity index (χ1n) is 7.62. The molecule has 0 aliphatic carbocycles. The third kappa shape index (κ3) is 4.36. The maximum atomic E-state index is 12.2. The minimum atomic E-state index is -0.496. The van der Waals surface area contributed by atoms with Crippen LogP contribution < -0.4 is 10.1 Å². The highest BCUT2D eigenvalue weighted by molar-refractivity contribution is 8.93. The molecule has 0 atom stereocenters. The van der Waals surface area contributed by atoms with E-state index in [1.54, 1.807) is 0 Å². The van der Waals surface area contributed by atoms with Crippen LogP contribution in [0.1, 0.15) is 17.3 Å². The van der Waals surface area contributed by atoms with E-state index < -0.39 is 4.92 Å². The summed E-state index contributed by atoms with van der Waals surface area (Å²) in [6, 6.07) is 11.2. The van der Waals surface area contributed by atoms with E-state index in [9.17, 15) is 14.9 Å². The number of ether oxygens (including phenoxy) is 1. The van der Waals surface area contributed by atoms with E-state index in [2.05, 4.69) is 10.3 Å². The molecule has 0 radical (unpaired) electrons. The molecule has 1 N–H and O–H groups in total. The van der Waals surface area contributed by atoms with Crippen molar-refractivity contribution in [3.8, 4) is 5.75 Å². The molecule has 9 heteroatoms. The van der Waals surface area contributed by atoms with Crippen LogP contribution >= 0.6 is 28.3 Å². The van der Waals surface area contributed by atoms with Crippen molar-refractivity contribution >= 4 is 55.1 Å². The van der Waals surface area contributed by atoms with E-state index in [0.29, 0.717) is 23.1 Å². The normalized spacial score (nSPS) is 10.2. The van der Waals surface area contributed by atoms with Gasteiger partial charge < -0.3 is 10.1 Å². The number of benzene rings is 2. The summed E-state index contributed by atoms with van der Waals surface area (Å²) in [5, 5.41) is 14.3. The highest BCUT2D eigenvalue weighted by atomic mass is 79.9. The fourth-order valence-electron chi connectivity index (χ4n) is 2.30. The second kappa shape index (κ2) is 8.72. The number of nitrogens with one attached hydrogen (secondary N) is 1. The first kappa shape index (κ1) is 19.8. The van der Waals surface area contributed by atoms with Gasteiger partial charge in [0.2, 0.25) is 0 Å². The van der Waals surface area contributed by atoms with Crippen molar-refractivity contribution in [2.75, 3.05) is 18.5 Å². The van der Waals surface area contributed by atoms with Crippen LogP contribution in [0, 0.1) is 10.1 Å². The van der Waals surface area contributed by atoms with E-state index in [1.807, 2.05) is 25.1 Å². The van der Waals surface area contributed by atoms with E-state index in [1.165, 1.54) is 35.6 Å². The Morgan fingerprint density at radius 2 is 2.00 bits per heavy atom. The Morgan fingerprint density at radius 1 is 1.27 bits per heavy atom. The maximum Gasteiger partial charge on any atom is 0.269 e. The lowest BCUT2D eigenvalue weighted by Gasteiger charge is -2.03. The molecule has 26 heavy (non-hydrogen) atoms. The van der Waals surface area contributed by atoms with Gasteiger partial charge in [-0.15, -0.1) is 17.0 Å². The lowest BCUT2D eigenvalue weighted by Crippen LogP contribution is -2.13. The highest BCUT2D eigenvalue weighted by Crippen LogP contribution is 2.32. The Morgan fingerprint density at radius 3 is 2.65 bits per heavy atom. The Hall–Kier alpha value is -2.52. The fraction of sp³-hybridized carbons (Fsp3) is 0.176. The van der Waals surface area contributed by atoms with E-state index >= 15 is 0 Å². The summed E-state index contributed by atoms with van der Waals surface area (Å²) in [6.07, 6.45) is 0. The molecule has 1 heterocycles. The number of carbonyl (C=O) groups is 1. The van der Waals surface area contributed by atoms with Gasteiger partial charge in [-0.05, 0) is 31.2 Å². The van der Waals surface area contributed by atoms with Crippen LogP contribution in [-0.4, -0.2) is 28.8 Å². The fourth-order valence-corrected chi connectivity index (χ4v) is 3.18. The molecule has 136 valence electrons. The number of nitro benzene ring substituents is 1. The van der Waals surface area contributed by atoms with Crippen LogP contribution in [0.5, 0.6) is 5.75 Å². The standard InChI is InChI=1S/C17H15N3O4S.BrH/c1-2-24-14-4-3-5-15-16(14)19-17(25-15)18-10-13(21)11-6-8-12(9-7-11)20(22)23;/h3-9H,2,10H2,1H3,(H,18,19);1H. The molecule has 0 bridgehead atoms. The molecule has 0 saturated heterocycles. The average Bonchev–Trinajstić information content (AvgIpc) is 3.04. The van der Waals surface area contributed by atoms with E-state index in [-0.39, 0.29) is 35.0 Å². The molecule has 0 unspecified atom stereocenters.